The third-order valence-electron chi connectivity index (χ3n) is 2.99. The number of rotatable bonds is 1. The van der Waals surface area contributed by atoms with Gasteiger partial charge in [-0.15, -0.1) is 0 Å². The Morgan fingerprint density at radius 1 is 1.15 bits per heavy atom. The highest BCUT2D eigenvalue weighted by Gasteiger charge is 2.39. The Bertz CT molecular complexity index is 200. The molecule has 2 nitrogen and oxygen atoms in total. The Morgan fingerprint density at radius 2 is 1.54 bits per heavy atom. The maximum absolute atomic E-state index is 7.52. The summed E-state index contributed by atoms with van der Waals surface area (Å²) in [6.07, 6.45) is 3.39. The van der Waals surface area contributed by atoms with Crippen LogP contribution in [0.1, 0.15) is 47.0 Å². The van der Waals surface area contributed by atoms with E-state index in [0.717, 1.165) is 12.8 Å². The highest BCUT2D eigenvalue weighted by molar-refractivity contribution is 5.79. The Kier molecular flexibility index (Phi) is 2.44. The second-order valence-corrected chi connectivity index (χ2v) is 6.07. The lowest BCUT2D eigenvalue weighted by atomic mass is 9.61. The van der Waals surface area contributed by atoms with Crippen LogP contribution in [0, 0.1) is 22.2 Å². The molecule has 1 aliphatic rings. The average molecular weight is 182 g/mol. The lowest BCUT2D eigenvalue weighted by Crippen LogP contribution is -2.39. The number of hydrogen-bond acceptors (Lipinski definition) is 1. The van der Waals surface area contributed by atoms with Crippen molar-refractivity contribution in [1.82, 2.24) is 0 Å². The van der Waals surface area contributed by atoms with Crippen molar-refractivity contribution < 1.29 is 0 Å². The van der Waals surface area contributed by atoms with Gasteiger partial charge in [0.25, 0.3) is 0 Å². The van der Waals surface area contributed by atoms with Crippen LogP contribution < -0.4 is 5.73 Å². The maximum Gasteiger partial charge on any atom is 0.0937 e. The van der Waals surface area contributed by atoms with Gasteiger partial charge in [-0.2, -0.15) is 0 Å². The molecule has 3 N–H and O–H groups in total. The van der Waals surface area contributed by atoms with Gasteiger partial charge < -0.3 is 5.73 Å². The molecular formula is C11H22N2. The second-order valence-electron chi connectivity index (χ2n) is 6.07. The lowest BCUT2D eigenvalue weighted by Gasteiger charge is -2.44. The first-order chi connectivity index (χ1) is 5.72. The highest BCUT2D eigenvalue weighted by Crippen LogP contribution is 2.48. The summed E-state index contributed by atoms with van der Waals surface area (Å²) in [6.45, 7) is 9.13. The van der Waals surface area contributed by atoms with E-state index in [9.17, 15) is 0 Å². The van der Waals surface area contributed by atoms with Crippen LogP contribution >= 0.6 is 0 Å². The highest BCUT2D eigenvalue weighted by atomic mass is 14.7. The number of hydrogen-bond donors (Lipinski definition) is 2. The van der Waals surface area contributed by atoms with Crippen molar-refractivity contribution in [2.75, 3.05) is 0 Å². The zero-order valence-electron chi connectivity index (χ0n) is 9.28. The van der Waals surface area contributed by atoms with E-state index in [2.05, 4.69) is 27.7 Å². The van der Waals surface area contributed by atoms with Crippen LogP contribution in [0.3, 0.4) is 0 Å². The average Bonchev–Trinajstić information content (AvgIpc) is 1.79. The Morgan fingerprint density at radius 3 is 1.85 bits per heavy atom. The predicted molar refractivity (Wildman–Crippen MR) is 56.8 cm³/mol. The summed E-state index contributed by atoms with van der Waals surface area (Å²) in [7, 11) is 0. The number of amidine groups is 1. The van der Waals surface area contributed by atoms with Crippen molar-refractivity contribution in [2.45, 2.75) is 47.0 Å². The Balaban J connectivity index is 2.78. The van der Waals surface area contributed by atoms with Gasteiger partial charge in [0.1, 0.15) is 0 Å². The van der Waals surface area contributed by atoms with E-state index < -0.39 is 0 Å². The molecule has 1 aliphatic carbocycles. The summed E-state index contributed by atoms with van der Waals surface area (Å²) in [5, 5.41) is 7.52. The monoisotopic (exact) mass is 182 g/mol. The van der Waals surface area contributed by atoms with Crippen LogP contribution in [0.2, 0.25) is 0 Å². The molecule has 1 saturated carbocycles. The van der Waals surface area contributed by atoms with Gasteiger partial charge in [0.05, 0.1) is 5.84 Å². The molecule has 0 aliphatic heterocycles. The second kappa shape index (κ2) is 3.00. The van der Waals surface area contributed by atoms with Crippen molar-refractivity contribution >= 4 is 5.84 Å². The molecule has 0 bridgehead atoms. The third-order valence-corrected chi connectivity index (χ3v) is 2.99. The quantitative estimate of drug-likeness (QED) is 0.475. The minimum Gasteiger partial charge on any atom is -0.387 e. The smallest absolute Gasteiger partial charge is 0.0937 e. The van der Waals surface area contributed by atoms with Crippen molar-refractivity contribution in [2.24, 2.45) is 22.5 Å². The van der Waals surface area contributed by atoms with Gasteiger partial charge in [0, 0.05) is 5.92 Å². The fraction of sp³-hybridized carbons (Fsp3) is 0.909. The van der Waals surface area contributed by atoms with Crippen molar-refractivity contribution in [3.8, 4) is 0 Å². The van der Waals surface area contributed by atoms with Crippen LogP contribution in [0.5, 0.6) is 0 Å². The van der Waals surface area contributed by atoms with E-state index in [1.807, 2.05) is 0 Å². The Labute approximate surface area is 81.4 Å². The summed E-state index contributed by atoms with van der Waals surface area (Å²) in [6, 6.07) is 0. The molecule has 0 saturated heterocycles. The van der Waals surface area contributed by atoms with E-state index in [1.165, 1.54) is 6.42 Å². The van der Waals surface area contributed by atoms with Crippen LogP contribution in [-0.2, 0) is 0 Å². The third kappa shape index (κ3) is 2.71. The first-order valence-electron chi connectivity index (χ1n) is 5.06. The van der Waals surface area contributed by atoms with Gasteiger partial charge in [-0.1, -0.05) is 27.7 Å². The van der Waals surface area contributed by atoms with E-state index >= 15 is 0 Å². The molecule has 1 rings (SSSR count). The molecule has 0 amide bonds. The van der Waals surface area contributed by atoms with E-state index in [-0.39, 0.29) is 0 Å². The Hall–Kier alpha value is -0.530. The predicted octanol–water partition coefficient (Wildman–Crippen LogP) is 2.77. The molecule has 0 atom stereocenters. The summed E-state index contributed by atoms with van der Waals surface area (Å²) in [5.74, 6) is 0.680. The van der Waals surface area contributed by atoms with Crippen molar-refractivity contribution in [3.63, 3.8) is 0 Å². The number of nitrogens with two attached hydrogens (primary N) is 1. The van der Waals surface area contributed by atoms with Gasteiger partial charge in [-0.3, -0.25) is 5.41 Å². The zero-order valence-corrected chi connectivity index (χ0v) is 9.28. The van der Waals surface area contributed by atoms with Gasteiger partial charge in [-0.05, 0) is 30.1 Å². The normalized spacial score (nSPS) is 27.1. The molecule has 0 aromatic heterocycles. The SMILES string of the molecule is CC1(C)CC(C(=N)N)CC(C)(C)C1. The van der Waals surface area contributed by atoms with Crippen LogP contribution in [0.15, 0.2) is 0 Å². The summed E-state index contributed by atoms with van der Waals surface area (Å²) >= 11 is 0. The fourth-order valence-corrected chi connectivity index (χ4v) is 3.07. The standard InChI is InChI=1S/C11H22N2/c1-10(2)5-8(9(12)13)6-11(3,4)7-10/h8H,5-7H2,1-4H3,(H3,12,13). The molecule has 0 aromatic carbocycles. The van der Waals surface area contributed by atoms with Crippen LogP contribution in [-0.4, -0.2) is 5.84 Å². The largest absolute Gasteiger partial charge is 0.387 e. The van der Waals surface area contributed by atoms with Crippen LogP contribution in [0.25, 0.3) is 0 Å². The molecule has 76 valence electrons. The van der Waals surface area contributed by atoms with E-state index in [0.29, 0.717) is 22.6 Å². The summed E-state index contributed by atoms with van der Waals surface area (Å²) in [4.78, 5) is 0. The van der Waals surface area contributed by atoms with Crippen molar-refractivity contribution in [3.05, 3.63) is 0 Å². The molecule has 0 aromatic rings. The summed E-state index contributed by atoms with van der Waals surface area (Å²) in [5.41, 5.74) is 6.28. The maximum atomic E-state index is 7.52. The molecule has 0 heterocycles. The molecule has 0 spiro atoms. The zero-order chi connectivity index (χ0) is 10.3. The molecule has 1 fully saturated rings. The lowest BCUT2D eigenvalue weighted by molar-refractivity contribution is 0.0922. The van der Waals surface area contributed by atoms with E-state index in [1.54, 1.807) is 0 Å². The fourth-order valence-electron chi connectivity index (χ4n) is 3.07. The first kappa shape index (κ1) is 10.6. The van der Waals surface area contributed by atoms with Crippen molar-refractivity contribution in [1.29, 1.82) is 5.41 Å². The molecule has 2 heteroatoms. The van der Waals surface area contributed by atoms with Gasteiger partial charge in [0.2, 0.25) is 0 Å². The van der Waals surface area contributed by atoms with Gasteiger partial charge in [-0.25, -0.2) is 0 Å². The van der Waals surface area contributed by atoms with Gasteiger partial charge >= 0.3 is 0 Å². The molecule has 0 unspecified atom stereocenters. The van der Waals surface area contributed by atoms with Gasteiger partial charge in [0.15, 0.2) is 0 Å². The van der Waals surface area contributed by atoms with E-state index in [4.69, 9.17) is 11.1 Å². The minimum atomic E-state index is 0.304. The summed E-state index contributed by atoms with van der Waals surface area (Å²) < 4.78 is 0. The first-order valence-corrected chi connectivity index (χ1v) is 5.06. The minimum absolute atomic E-state index is 0.304. The number of nitrogens with one attached hydrogen (secondary N) is 1. The van der Waals surface area contributed by atoms with Crippen LogP contribution in [0.4, 0.5) is 0 Å². The topological polar surface area (TPSA) is 49.9 Å². The molecular weight excluding hydrogens is 160 g/mol. The molecule has 0 radical (unpaired) electrons. The molecule has 13 heavy (non-hydrogen) atoms.